The molecule has 0 N–H and O–H groups in total. The highest BCUT2D eigenvalue weighted by Gasteiger charge is 2.51. The molecular weight excluding hydrogens is 954 g/mol. The highest BCUT2D eigenvalue weighted by molar-refractivity contribution is 7.79. The molecule has 68 heavy (non-hydrogen) atoms. The van der Waals surface area contributed by atoms with Gasteiger partial charge in [-0.1, -0.05) is 170 Å². The number of nitrogens with zero attached hydrogens (tertiary/aromatic N) is 5. The second-order valence-corrected chi connectivity index (χ2v) is 22.5. The van der Waals surface area contributed by atoms with E-state index < -0.39 is 23.0 Å². The quantitative estimate of drug-likeness (QED) is 0.0995. The number of hydrogen-bond acceptors (Lipinski definition) is 11. The molecule has 8 aromatic rings. The van der Waals surface area contributed by atoms with E-state index in [2.05, 4.69) is 0 Å². The van der Waals surface area contributed by atoms with E-state index in [9.17, 15) is 0 Å². The van der Waals surface area contributed by atoms with Gasteiger partial charge in [0.15, 0.2) is 0 Å². The molecule has 3 aliphatic heterocycles. The summed E-state index contributed by atoms with van der Waals surface area (Å²) in [7, 11) is -12.4. The number of rotatable bonds is 10. The molecule has 0 aliphatic carbocycles. The molecule has 0 saturated heterocycles. The average Bonchev–Trinajstić information content (AvgIpc) is 3.56. The normalized spacial score (nSPS) is 16.9. The van der Waals surface area contributed by atoms with Crippen molar-refractivity contribution in [2.24, 2.45) is 23.5 Å². The number of aliphatic imine (C=N–C) groups is 2. The van der Waals surface area contributed by atoms with Crippen LogP contribution in [0.1, 0.15) is 22.3 Å². The van der Waals surface area contributed by atoms with E-state index in [1.54, 1.807) is 12.4 Å². The molecule has 0 aromatic heterocycles. The number of halogens is 2. The number of para-hydroxylation sites is 6. The van der Waals surface area contributed by atoms with E-state index in [0.717, 1.165) is 33.4 Å². The van der Waals surface area contributed by atoms with Crippen molar-refractivity contribution < 1.29 is 27.1 Å². The Hall–Kier alpha value is -6.83. The van der Waals surface area contributed by atoms with Crippen LogP contribution in [0.4, 0.5) is 0 Å². The van der Waals surface area contributed by atoms with Crippen molar-refractivity contribution in [2.45, 2.75) is 13.1 Å². The molecule has 16 heteroatoms. The van der Waals surface area contributed by atoms with Gasteiger partial charge in [0, 0.05) is 55.9 Å². The third kappa shape index (κ3) is 9.00. The second-order valence-electron chi connectivity index (χ2n) is 15.5. The molecule has 2 spiro atoms. The van der Waals surface area contributed by atoms with E-state index in [1.807, 2.05) is 194 Å². The fourth-order valence-corrected chi connectivity index (χ4v) is 17.3. The summed E-state index contributed by atoms with van der Waals surface area (Å²) >= 11 is 13.1. The number of hydrogen-bond donors (Lipinski definition) is 0. The van der Waals surface area contributed by atoms with E-state index >= 15 is 0 Å². The third-order valence-corrected chi connectivity index (χ3v) is 19.6. The SMILES string of the molecule is Clc1ccccc1CN=Cc1ccccc1OP1(Oc2ccccc2C=NCc2ccccc2Cl)=NP2(=NP3(=N1)Oc1ccccc1-c1ccccc1O3)Oc1ccccc1-c1ccccc1O2. The van der Waals surface area contributed by atoms with Gasteiger partial charge >= 0.3 is 23.0 Å². The van der Waals surface area contributed by atoms with E-state index in [1.165, 1.54) is 0 Å². The lowest BCUT2D eigenvalue weighted by molar-refractivity contribution is 0.448. The van der Waals surface area contributed by atoms with Gasteiger partial charge in [-0.3, -0.25) is 9.98 Å². The monoisotopic (exact) mass is 991 g/mol. The number of fused-ring (bicyclic) bond motifs is 6. The fraction of sp³-hybridized carbons (Fsp3) is 0.0385. The van der Waals surface area contributed by atoms with E-state index in [0.29, 0.717) is 68.8 Å². The molecular formula is C52H38Cl2N5O6P3. The van der Waals surface area contributed by atoms with Gasteiger partial charge in [-0.2, -0.15) is 0 Å². The topological polar surface area (TPSA) is 117 Å². The largest absolute Gasteiger partial charge is 0.460 e. The minimum absolute atomic E-state index is 0.323. The van der Waals surface area contributed by atoms with E-state index in [4.69, 9.17) is 73.9 Å². The Kier molecular flexibility index (Phi) is 12.0. The molecule has 3 heterocycles. The molecule has 0 amide bonds. The smallest absolute Gasteiger partial charge is 0.413 e. The second kappa shape index (κ2) is 18.7. The summed E-state index contributed by atoms with van der Waals surface area (Å²) in [6.45, 7) is 0.646. The Morgan fingerprint density at radius 1 is 0.397 bits per heavy atom. The van der Waals surface area contributed by atoms with Crippen molar-refractivity contribution in [3.63, 3.8) is 0 Å². The third-order valence-electron chi connectivity index (χ3n) is 10.8. The van der Waals surface area contributed by atoms with Crippen LogP contribution in [0, 0.1) is 0 Å². The Morgan fingerprint density at radius 3 is 1.15 bits per heavy atom. The Balaban J connectivity index is 1.15. The first-order valence-electron chi connectivity index (χ1n) is 21.5. The Morgan fingerprint density at radius 2 is 0.735 bits per heavy atom. The molecule has 0 fully saturated rings. The summed E-state index contributed by atoms with van der Waals surface area (Å²) in [5, 5.41) is 1.23. The minimum atomic E-state index is -4.25. The molecule has 0 atom stereocenters. The first kappa shape index (κ1) is 43.7. The molecule has 11 rings (SSSR count). The van der Waals surface area contributed by atoms with Crippen molar-refractivity contribution in [2.75, 3.05) is 0 Å². The van der Waals surface area contributed by atoms with Gasteiger partial charge in [-0.15, -0.1) is 0 Å². The van der Waals surface area contributed by atoms with Gasteiger partial charge in [0.2, 0.25) is 0 Å². The molecule has 0 radical (unpaired) electrons. The zero-order valence-electron chi connectivity index (χ0n) is 35.8. The molecule has 0 unspecified atom stereocenters. The molecule has 8 aromatic carbocycles. The van der Waals surface area contributed by atoms with Crippen molar-refractivity contribution in [3.8, 4) is 56.8 Å². The summed E-state index contributed by atoms with van der Waals surface area (Å²) in [4.78, 5) is 9.59. The van der Waals surface area contributed by atoms with Gasteiger partial charge in [0.05, 0.1) is 13.1 Å². The van der Waals surface area contributed by atoms with Crippen LogP contribution >= 0.6 is 46.2 Å². The average molecular weight is 993 g/mol. The first-order valence-corrected chi connectivity index (χ1v) is 26.8. The van der Waals surface area contributed by atoms with Crippen LogP contribution in [0.25, 0.3) is 22.3 Å². The fourth-order valence-electron chi connectivity index (χ4n) is 7.68. The maximum atomic E-state index is 7.29. The maximum Gasteiger partial charge on any atom is 0.460 e. The van der Waals surface area contributed by atoms with Gasteiger partial charge in [0.25, 0.3) is 0 Å². The summed E-state index contributed by atoms with van der Waals surface area (Å²) in [6, 6.07) is 60.7. The molecule has 0 saturated carbocycles. The lowest BCUT2D eigenvalue weighted by Crippen LogP contribution is -2.11. The van der Waals surface area contributed by atoms with Gasteiger partial charge in [-0.25, -0.2) is 0 Å². The number of benzene rings is 8. The predicted octanol–water partition coefficient (Wildman–Crippen LogP) is 16.8. The van der Waals surface area contributed by atoms with Crippen LogP contribution in [-0.4, -0.2) is 12.4 Å². The maximum absolute atomic E-state index is 7.29. The molecule has 336 valence electrons. The van der Waals surface area contributed by atoms with Crippen LogP contribution in [0.3, 0.4) is 0 Å². The predicted molar refractivity (Wildman–Crippen MR) is 274 cm³/mol. The highest BCUT2D eigenvalue weighted by atomic mass is 35.5. The first-order chi connectivity index (χ1) is 33.3. The molecule has 0 bridgehead atoms. The van der Waals surface area contributed by atoms with Gasteiger partial charge in [0.1, 0.15) is 34.5 Å². The summed E-state index contributed by atoms with van der Waals surface area (Å²) < 4.78 is 59.3. The van der Waals surface area contributed by atoms with Crippen molar-refractivity contribution in [1.29, 1.82) is 0 Å². The van der Waals surface area contributed by atoms with Crippen molar-refractivity contribution in [3.05, 3.63) is 226 Å². The molecule has 3 aliphatic rings. The van der Waals surface area contributed by atoms with Crippen molar-refractivity contribution in [1.82, 2.24) is 0 Å². The summed E-state index contributed by atoms with van der Waals surface area (Å²) in [5.41, 5.74) is 6.09. The zero-order valence-corrected chi connectivity index (χ0v) is 40.0. The van der Waals surface area contributed by atoms with Crippen LogP contribution < -0.4 is 27.1 Å². The minimum Gasteiger partial charge on any atom is -0.413 e. The standard InChI is InChI=1S/C52H38Cl2N5O6P3/c53-45-25-9-1-17-37(45)33-55-35-39-19-3-11-27-47(39)60-66(61-48-28-12-4-20-40(48)36-56-34-38-18-2-10-26-46(38)54)57-67(62-49-29-13-5-21-41(49)42-22-6-14-30-50(42)63-67)59-68(58-66)64-51-31-15-7-23-43(51)44-24-8-16-32-52(44)65-68/h1-32,35-36H,33-34H2. The summed E-state index contributed by atoms with van der Waals surface area (Å²) in [5.74, 6) is 2.62. The van der Waals surface area contributed by atoms with Crippen LogP contribution in [0.15, 0.2) is 218 Å². The summed E-state index contributed by atoms with van der Waals surface area (Å²) in [6.07, 6.45) is 3.45. The lowest BCUT2D eigenvalue weighted by Gasteiger charge is -2.32. The van der Waals surface area contributed by atoms with E-state index in [-0.39, 0.29) is 0 Å². The van der Waals surface area contributed by atoms with Crippen LogP contribution in [0.5, 0.6) is 34.5 Å². The van der Waals surface area contributed by atoms with Crippen LogP contribution in [-0.2, 0) is 13.1 Å². The van der Waals surface area contributed by atoms with Crippen LogP contribution in [0.2, 0.25) is 10.0 Å². The molecule has 11 nitrogen and oxygen atoms in total. The Bertz CT molecular complexity index is 3190. The zero-order chi connectivity index (χ0) is 46.0. The highest BCUT2D eigenvalue weighted by Crippen LogP contribution is 2.80. The van der Waals surface area contributed by atoms with Gasteiger partial charge in [-0.05, 0) is 71.8 Å². The lowest BCUT2D eigenvalue weighted by atomic mass is 10.0. The van der Waals surface area contributed by atoms with Crippen molar-refractivity contribution >= 4 is 58.6 Å². The Labute approximate surface area is 403 Å². The van der Waals surface area contributed by atoms with Gasteiger partial charge < -0.3 is 27.1 Å².